The number of nitriles is 1. The normalized spacial score (nSPS) is 19.1. The summed E-state index contributed by atoms with van der Waals surface area (Å²) in [6.07, 6.45) is -2.03. The van der Waals surface area contributed by atoms with Crippen LogP contribution in [0.3, 0.4) is 0 Å². The van der Waals surface area contributed by atoms with E-state index in [1.807, 2.05) is 6.07 Å². The lowest BCUT2D eigenvalue weighted by molar-refractivity contribution is -0.175. The summed E-state index contributed by atoms with van der Waals surface area (Å²) >= 11 is 0. The van der Waals surface area contributed by atoms with Gasteiger partial charge in [0.05, 0.1) is 24.3 Å². The minimum atomic E-state index is -2.96. The first kappa shape index (κ1) is 25.4. The van der Waals surface area contributed by atoms with Gasteiger partial charge in [0.15, 0.2) is 5.58 Å². The predicted octanol–water partition coefficient (Wildman–Crippen LogP) is 2.08. The van der Waals surface area contributed by atoms with E-state index < -0.39 is 42.3 Å². The second-order valence-corrected chi connectivity index (χ2v) is 8.31. The zero-order valence-corrected chi connectivity index (χ0v) is 19.2. The number of ether oxygens (including phenoxy) is 2. The number of fused-ring (bicyclic) bond motifs is 1. The van der Waals surface area contributed by atoms with E-state index >= 15 is 0 Å². The molecule has 1 saturated heterocycles. The Labute approximate surface area is 203 Å². The highest BCUT2D eigenvalue weighted by Crippen LogP contribution is 2.26. The molecule has 3 aromatic rings. The van der Waals surface area contributed by atoms with Crippen LogP contribution in [0.4, 0.5) is 13.2 Å². The van der Waals surface area contributed by atoms with Crippen molar-refractivity contribution in [3.63, 3.8) is 0 Å². The van der Waals surface area contributed by atoms with Gasteiger partial charge in [0.25, 0.3) is 5.91 Å². The summed E-state index contributed by atoms with van der Waals surface area (Å²) < 4.78 is 55.9. The number of nitrogens with zero attached hydrogens (tertiary/aromatic N) is 2. The molecule has 12 heteroatoms. The first-order chi connectivity index (χ1) is 17.2. The van der Waals surface area contributed by atoms with E-state index in [-0.39, 0.29) is 31.7 Å². The molecule has 1 fully saturated rings. The topological polar surface area (TPSA) is 119 Å². The molecule has 0 aliphatic carbocycles. The van der Waals surface area contributed by atoms with Crippen LogP contribution in [0.2, 0.25) is 0 Å². The molecule has 1 aliphatic heterocycles. The van der Waals surface area contributed by atoms with Crippen molar-refractivity contribution in [2.24, 2.45) is 7.05 Å². The number of carbonyl (C=O) groups is 1. The van der Waals surface area contributed by atoms with E-state index in [9.17, 15) is 28.0 Å². The zero-order valence-electron chi connectivity index (χ0n) is 19.2. The summed E-state index contributed by atoms with van der Waals surface area (Å²) in [5.74, 6) is -1.69. The second-order valence-electron chi connectivity index (χ2n) is 8.31. The van der Waals surface area contributed by atoms with Crippen LogP contribution in [0.5, 0.6) is 0 Å². The molecular formula is C24H23F3N4O5. The molecule has 1 amide bonds. The van der Waals surface area contributed by atoms with Crippen LogP contribution >= 0.6 is 0 Å². The number of alkyl halides is 2. The molecule has 2 N–H and O–H groups in total. The number of oxazole rings is 1. The van der Waals surface area contributed by atoms with Crippen molar-refractivity contribution in [2.75, 3.05) is 19.7 Å². The van der Waals surface area contributed by atoms with E-state index in [1.165, 1.54) is 16.7 Å². The summed E-state index contributed by atoms with van der Waals surface area (Å²) in [5.41, 5.74) is 2.43. The quantitative estimate of drug-likeness (QED) is 0.506. The van der Waals surface area contributed by atoms with Crippen molar-refractivity contribution in [3.8, 4) is 17.2 Å². The molecule has 1 aliphatic rings. The Bertz CT molecular complexity index is 1350. The number of rotatable bonds is 7. The third-order valence-corrected chi connectivity index (χ3v) is 5.85. The van der Waals surface area contributed by atoms with Gasteiger partial charge in [-0.25, -0.2) is 9.18 Å². The fourth-order valence-corrected chi connectivity index (χ4v) is 3.93. The second kappa shape index (κ2) is 10.9. The lowest BCUT2D eigenvalue weighted by atomic mass is 10.00. The molecule has 9 nitrogen and oxygen atoms in total. The SMILES string of the molecule is Cn1c(=O)oc2ccc(-c3ccc(C[C@@H](C#N)NC(=O)[C@@H]4CNC[C@@H](OC(F)F)CO4)c(F)c3)cc21. The summed E-state index contributed by atoms with van der Waals surface area (Å²) in [6.45, 7) is -3.06. The minimum Gasteiger partial charge on any atom is -0.408 e. The summed E-state index contributed by atoms with van der Waals surface area (Å²) in [6, 6.07) is 10.4. The van der Waals surface area contributed by atoms with Gasteiger partial charge in [0, 0.05) is 26.6 Å². The summed E-state index contributed by atoms with van der Waals surface area (Å²) in [7, 11) is 1.57. The molecule has 2 aromatic carbocycles. The Balaban J connectivity index is 1.41. The number of benzene rings is 2. The lowest BCUT2D eigenvalue weighted by Crippen LogP contribution is -2.46. The van der Waals surface area contributed by atoms with Gasteiger partial charge in [-0.05, 0) is 34.9 Å². The van der Waals surface area contributed by atoms with Crippen LogP contribution in [0.25, 0.3) is 22.2 Å². The highest BCUT2D eigenvalue weighted by molar-refractivity contribution is 5.82. The van der Waals surface area contributed by atoms with Gasteiger partial charge >= 0.3 is 12.4 Å². The van der Waals surface area contributed by atoms with Gasteiger partial charge in [0.2, 0.25) is 0 Å². The van der Waals surface area contributed by atoms with Crippen LogP contribution in [0, 0.1) is 17.1 Å². The maximum absolute atomic E-state index is 14.9. The highest BCUT2D eigenvalue weighted by Gasteiger charge is 2.28. The molecule has 2 heterocycles. The largest absolute Gasteiger partial charge is 0.419 e. The van der Waals surface area contributed by atoms with Crippen molar-refractivity contribution < 1.29 is 31.9 Å². The summed E-state index contributed by atoms with van der Waals surface area (Å²) in [4.78, 5) is 24.3. The highest BCUT2D eigenvalue weighted by atomic mass is 19.3. The lowest BCUT2D eigenvalue weighted by Gasteiger charge is -2.18. The number of nitrogens with one attached hydrogen (secondary N) is 2. The number of hydrogen-bond donors (Lipinski definition) is 2. The van der Waals surface area contributed by atoms with Gasteiger partial charge in [-0.3, -0.25) is 9.36 Å². The predicted molar refractivity (Wildman–Crippen MR) is 122 cm³/mol. The molecular weight excluding hydrogens is 481 g/mol. The number of amides is 1. The number of hydrogen-bond acceptors (Lipinski definition) is 7. The molecule has 190 valence electrons. The molecule has 0 saturated carbocycles. The Kier molecular flexibility index (Phi) is 7.73. The molecule has 0 bridgehead atoms. The van der Waals surface area contributed by atoms with Gasteiger partial charge < -0.3 is 24.5 Å². The van der Waals surface area contributed by atoms with Gasteiger partial charge in [-0.1, -0.05) is 18.2 Å². The minimum absolute atomic E-state index is 0.0444. The third kappa shape index (κ3) is 5.76. The number of aromatic nitrogens is 1. The average molecular weight is 504 g/mol. The van der Waals surface area contributed by atoms with Crippen LogP contribution in [0.15, 0.2) is 45.6 Å². The number of carbonyl (C=O) groups excluding carboxylic acids is 1. The molecule has 0 radical (unpaired) electrons. The smallest absolute Gasteiger partial charge is 0.408 e. The van der Waals surface area contributed by atoms with Gasteiger partial charge in [-0.2, -0.15) is 14.0 Å². The monoisotopic (exact) mass is 504 g/mol. The maximum atomic E-state index is 14.9. The number of aryl methyl sites for hydroxylation is 1. The maximum Gasteiger partial charge on any atom is 0.419 e. The van der Waals surface area contributed by atoms with Crippen molar-refractivity contribution in [2.45, 2.75) is 31.3 Å². The van der Waals surface area contributed by atoms with Crippen molar-refractivity contribution in [1.82, 2.24) is 15.2 Å². The van der Waals surface area contributed by atoms with Crippen molar-refractivity contribution in [3.05, 3.63) is 58.3 Å². The summed E-state index contributed by atoms with van der Waals surface area (Å²) in [5, 5.41) is 14.8. The van der Waals surface area contributed by atoms with Gasteiger partial charge in [-0.15, -0.1) is 0 Å². The molecule has 4 rings (SSSR count). The standard InChI is InChI=1S/C24H23F3N4O5/c1-31-19-8-14(4-5-20(19)36-24(31)33)13-2-3-15(18(25)7-13)6-16(9-28)30-22(32)21-11-29-10-17(12-34-21)35-23(26)27/h2-5,7-8,16-17,21,23,29H,6,10-12H2,1H3,(H,30,32)/t16-,17+,21-/m0/s1. The van der Waals surface area contributed by atoms with Crippen LogP contribution in [0.1, 0.15) is 5.56 Å². The van der Waals surface area contributed by atoms with E-state index in [4.69, 9.17) is 9.15 Å². The van der Waals surface area contributed by atoms with Crippen molar-refractivity contribution in [1.29, 1.82) is 5.26 Å². The Morgan fingerprint density at radius 3 is 2.75 bits per heavy atom. The number of halogens is 3. The van der Waals surface area contributed by atoms with E-state index in [0.29, 0.717) is 22.2 Å². The molecule has 0 spiro atoms. The first-order valence-corrected chi connectivity index (χ1v) is 11.1. The van der Waals surface area contributed by atoms with Gasteiger partial charge in [0.1, 0.15) is 18.0 Å². The molecule has 1 aromatic heterocycles. The van der Waals surface area contributed by atoms with Crippen molar-refractivity contribution >= 4 is 17.0 Å². The average Bonchev–Trinajstić information content (AvgIpc) is 2.99. The van der Waals surface area contributed by atoms with E-state index in [2.05, 4.69) is 15.4 Å². The first-order valence-electron chi connectivity index (χ1n) is 11.1. The third-order valence-electron chi connectivity index (χ3n) is 5.85. The van der Waals surface area contributed by atoms with Crippen LogP contribution < -0.4 is 16.4 Å². The zero-order chi connectivity index (χ0) is 25.8. The Hall–Kier alpha value is -3.66. The Morgan fingerprint density at radius 1 is 1.28 bits per heavy atom. The molecule has 0 unspecified atom stereocenters. The fraction of sp³-hybridized carbons (Fsp3) is 0.375. The molecule has 3 atom stereocenters. The Morgan fingerprint density at radius 2 is 2.03 bits per heavy atom. The molecule has 36 heavy (non-hydrogen) atoms. The fourth-order valence-electron chi connectivity index (χ4n) is 3.93. The van der Waals surface area contributed by atoms with Crippen LogP contribution in [-0.4, -0.2) is 55.0 Å². The van der Waals surface area contributed by atoms with E-state index in [1.54, 1.807) is 31.3 Å². The van der Waals surface area contributed by atoms with Crippen LogP contribution in [-0.2, 0) is 27.7 Å². The van der Waals surface area contributed by atoms with E-state index in [0.717, 1.165) is 0 Å².